The number of H-pyrrole nitrogens is 1. The first-order chi connectivity index (χ1) is 17.6. The number of fused-ring (bicyclic) bond motifs is 1. The molecule has 1 aromatic carbocycles. The first kappa shape index (κ1) is 24.5. The van der Waals surface area contributed by atoms with Gasteiger partial charge in [0.05, 0.1) is 32.6 Å². The third-order valence-corrected chi connectivity index (χ3v) is 6.72. The second-order valence-electron chi connectivity index (χ2n) is 9.31. The average Bonchev–Trinajstić information content (AvgIpc) is 3.52. The Labute approximate surface area is 211 Å². The predicted molar refractivity (Wildman–Crippen MR) is 138 cm³/mol. The quantitative estimate of drug-likeness (QED) is 0.325. The van der Waals surface area contributed by atoms with Crippen LogP contribution in [0.25, 0.3) is 22.2 Å². The van der Waals surface area contributed by atoms with Crippen LogP contribution in [0.3, 0.4) is 0 Å². The van der Waals surface area contributed by atoms with Gasteiger partial charge in [0.15, 0.2) is 5.75 Å². The molecule has 9 nitrogen and oxygen atoms in total. The third kappa shape index (κ3) is 5.97. The lowest BCUT2D eigenvalue weighted by Gasteiger charge is -2.26. The smallest absolute Gasteiger partial charge is 0.220 e. The number of nitrogens with one attached hydrogen (secondary N) is 1. The number of nitrogens with two attached hydrogens (primary N) is 1. The molecule has 0 atom stereocenters. The van der Waals surface area contributed by atoms with E-state index in [1.54, 1.807) is 6.20 Å². The van der Waals surface area contributed by atoms with Crippen LogP contribution in [0.15, 0.2) is 30.6 Å². The number of anilines is 1. The largest absolute Gasteiger partial charge is 0.487 e. The number of nitrogen functional groups attached to an aromatic ring is 1. The van der Waals surface area contributed by atoms with Crippen molar-refractivity contribution in [3.05, 3.63) is 36.2 Å². The van der Waals surface area contributed by atoms with Gasteiger partial charge in [0.25, 0.3) is 0 Å². The van der Waals surface area contributed by atoms with Crippen molar-refractivity contribution in [1.82, 2.24) is 19.9 Å². The molecule has 0 amide bonds. The summed E-state index contributed by atoms with van der Waals surface area (Å²) in [7, 11) is 0. The molecule has 1 saturated heterocycles. The highest BCUT2D eigenvalue weighted by molar-refractivity contribution is 5.96. The van der Waals surface area contributed by atoms with E-state index in [9.17, 15) is 5.11 Å². The van der Waals surface area contributed by atoms with Crippen molar-refractivity contribution in [2.75, 3.05) is 58.4 Å². The number of aromatic nitrogens is 3. The van der Waals surface area contributed by atoms with Gasteiger partial charge >= 0.3 is 0 Å². The average molecular weight is 492 g/mol. The topological polar surface area (TPSA) is 119 Å². The van der Waals surface area contributed by atoms with Gasteiger partial charge in [-0.1, -0.05) is 11.8 Å². The molecule has 1 saturated carbocycles. The molecule has 2 aliphatic rings. The Hall–Kier alpha value is -3.16. The van der Waals surface area contributed by atoms with Gasteiger partial charge in [0, 0.05) is 47.9 Å². The molecule has 2 aromatic heterocycles. The standard InChI is InChI=1S/C27H33N5O4/c28-26-30-19-24(36-16-15-35-14-11-32-9-12-34-13-10-32)25(31-26)22-18-29-23-4-3-20(17-21(22)23)5-8-27(33)6-1-2-7-27/h3-4,17-19,29,33H,1-2,6-7,9-16H2,(H2,28,30,31). The van der Waals surface area contributed by atoms with Crippen molar-refractivity contribution in [3.63, 3.8) is 0 Å². The number of rotatable bonds is 8. The molecule has 0 radical (unpaired) electrons. The zero-order valence-corrected chi connectivity index (χ0v) is 20.5. The molecule has 3 heterocycles. The van der Waals surface area contributed by atoms with E-state index in [0.29, 0.717) is 31.3 Å². The molecule has 0 bridgehead atoms. The molecule has 36 heavy (non-hydrogen) atoms. The summed E-state index contributed by atoms with van der Waals surface area (Å²) in [6.45, 7) is 5.84. The van der Waals surface area contributed by atoms with Crippen molar-refractivity contribution in [2.24, 2.45) is 0 Å². The summed E-state index contributed by atoms with van der Waals surface area (Å²) >= 11 is 0. The predicted octanol–water partition coefficient (Wildman–Crippen LogP) is 2.59. The van der Waals surface area contributed by atoms with Crippen LogP contribution in [0.4, 0.5) is 5.95 Å². The molecular formula is C27H33N5O4. The summed E-state index contributed by atoms with van der Waals surface area (Å²) in [6.07, 6.45) is 6.99. The first-order valence-electron chi connectivity index (χ1n) is 12.6. The number of aliphatic hydroxyl groups is 1. The number of ether oxygens (including phenoxy) is 3. The summed E-state index contributed by atoms with van der Waals surface area (Å²) in [6, 6.07) is 5.94. The lowest BCUT2D eigenvalue weighted by Crippen LogP contribution is -2.38. The molecule has 2 fully saturated rings. The van der Waals surface area contributed by atoms with Crippen LogP contribution >= 0.6 is 0 Å². The van der Waals surface area contributed by atoms with E-state index in [1.165, 1.54) is 0 Å². The van der Waals surface area contributed by atoms with E-state index >= 15 is 0 Å². The Kier molecular flexibility index (Phi) is 7.68. The van der Waals surface area contributed by atoms with Gasteiger partial charge in [-0.15, -0.1) is 0 Å². The van der Waals surface area contributed by atoms with Crippen LogP contribution < -0.4 is 10.5 Å². The van der Waals surface area contributed by atoms with E-state index < -0.39 is 5.60 Å². The summed E-state index contributed by atoms with van der Waals surface area (Å²) in [5, 5.41) is 11.5. The minimum Gasteiger partial charge on any atom is -0.487 e. The second kappa shape index (κ2) is 11.3. The summed E-state index contributed by atoms with van der Waals surface area (Å²) in [5.41, 5.74) is 8.30. The Balaban J connectivity index is 1.27. The van der Waals surface area contributed by atoms with Crippen LogP contribution in [-0.4, -0.2) is 83.2 Å². The van der Waals surface area contributed by atoms with Crippen LogP contribution in [0, 0.1) is 11.8 Å². The minimum absolute atomic E-state index is 0.174. The number of benzene rings is 1. The zero-order valence-electron chi connectivity index (χ0n) is 20.5. The highest BCUT2D eigenvalue weighted by atomic mass is 16.5. The maximum Gasteiger partial charge on any atom is 0.220 e. The van der Waals surface area contributed by atoms with Gasteiger partial charge in [-0.3, -0.25) is 4.90 Å². The lowest BCUT2D eigenvalue weighted by molar-refractivity contribution is 0.0170. The lowest BCUT2D eigenvalue weighted by atomic mass is 10.0. The van der Waals surface area contributed by atoms with E-state index in [2.05, 4.69) is 31.7 Å². The Morgan fingerprint density at radius 3 is 2.83 bits per heavy atom. The molecular weight excluding hydrogens is 458 g/mol. The molecule has 1 aliphatic carbocycles. The van der Waals surface area contributed by atoms with Crippen LogP contribution in [0.1, 0.15) is 31.2 Å². The maximum absolute atomic E-state index is 10.6. The van der Waals surface area contributed by atoms with Crippen molar-refractivity contribution >= 4 is 16.9 Å². The maximum atomic E-state index is 10.6. The first-order valence-corrected chi connectivity index (χ1v) is 12.6. The molecule has 190 valence electrons. The molecule has 0 unspecified atom stereocenters. The van der Waals surface area contributed by atoms with E-state index in [4.69, 9.17) is 19.9 Å². The van der Waals surface area contributed by atoms with Gasteiger partial charge in [-0.25, -0.2) is 9.97 Å². The van der Waals surface area contributed by atoms with Gasteiger partial charge in [0.2, 0.25) is 5.95 Å². The molecule has 5 rings (SSSR count). The minimum atomic E-state index is -0.873. The Morgan fingerprint density at radius 1 is 1.17 bits per heavy atom. The van der Waals surface area contributed by atoms with Crippen LogP contribution in [-0.2, 0) is 9.47 Å². The van der Waals surface area contributed by atoms with Crippen LogP contribution in [0.5, 0.6) is 5.75 Å². The summed E-state index contributed by atoms with van der Waals surface area (Å²) in [5.74, 6) is 6.95. The van der Waals surface area contributed by atoms with Gasteiger partial charge in [-0.2, -0.15) is 0 Å². The number of morpholine rings is 1. The highest BCUT2D eigenvalue weighted by Gasteiger charge is 2.28. The second-order valence-corrected chi connectivity index (χ2v) is 9.31. The highest BCUT2D eigenvalue weighted by Crippen LogP contribution is 2.34. The van der Waals surface area contributed by atoms with Gasteiger partial charge in [0.1, 0.15) is 17.9 Å². The van der Waals surface area contributed by atoms with E-state index in [0.717, 1.165) is 80.6 Å². The monoisotopic (exact) mass is 491 g/mol. The van der Waals surface area contributed by atoms with E-state index in [1.807, 2.05) is 24.4 Å². The Bertz CT molecular complexity index is 1240. The summed E-state index contributed by atoms with van der Waals surface area (Å²) < 4.78 is 17.1. The number of nitrogens with zero attached hydrogens (tertiary/aromatic N) is 3. The molecule has 4 N–H and O–H groups in total. The fourth-order valence-corrected chi connectivity index (χ4v) is 4.68. The normalized spacial score (nSPS) is 17.7. The Morgan fingerprint density at radius 2 is 2.00 bits per heavy atom. The number of hydrogen-bond donors (Lipinski definition) is 3. The molecule has 9 heteroatoms. The number of aromatic amines is 1. The van der Waals surface area contributed by atoms with Crippen molar-refractivity contribution in [3.8, 4) is 28.8 Å². The zero-order chi connectivity index (χ0) is 24.8. The third-order valence-electron chi connectivity index (χ3n) is 6.72. The molecule has 3 aromatic rings. The van der Waals surface area contributed by atoms with Crippen LogP contribution in [0.2, 0.25) is 0 Å². The van der Waals surface area contributed by atoms with Crippen molar-refractivity contribution in [2.45, 2.75) is 31.3 Å². The molecule has 1 aliphatic heterocycles. The molecule has 0 spiro atoms. The van der Waals surface area contributed by atoms with Crippen molar-refractivity contribution in [1.29, 1.82) is 0 Å². The van der Waals surface area contributed by atoms with Gasteiger partial charge in [-0.05, 0) is 43.9 Å². The fourth-order valence-electron chi connectivity index (χ4n) is 4.68. The van der Waals surface area contributed by atoms with E-state index in [-0.39, 0.29) is 5.95 Å². The SMILES string of the molecule is Nc1ncc(OCCOCCN2CCOCC2)c(-c2c[nH]c3ccc(C#CC4(O)CCCC4)cc23)n1. The fraction of sp³-hybridized carbons (Fsp3) is 0.481. The van der Waals surface area contributed by atoms with Gasteiger partial charge < -0.3 is 30.0 Å². The summed E-state index contributed by atoms with van der Waals surface area (Å²) in [4.78, 5) is 14.2. The number of hydrogen-bond acceptors (Lipinski definition) is 8. The van der Waals surface area contributed by atoms with Crippen molar-refractivity contribution < 1.29 is 19.3 Å².